The van der Waals surface area contributed by atoms with Crippen LogP contribution in [0, 0.1) is 0 Å². The van der Waals surface area contributed by atoms with Crippen LogP contribution in [0.15, 0.2) is 4.99 Å². The van der Waals surface area contributed by atoms with E-state index >= 15 is 0 Å². The summed E-state index contributed by atoms with van der Waals surface area (Å²) in [5.41, 5.74) is 0.759. The van der Waals surface area contributed by atoms with E-state index < -0.39 is 0 Å². The Balaban J connectivity index is 3.58. The maximum atomic E-state index is 10.6. The molecule has 14 heavy (non-hydrogen) atoms. The van der Waals surface area contributed by atoms with Gasteiger partial charge in [-0.15, -0.1) is 0 Å². The first-order chi connectivity index (χ1) is 6.85. The molecule has 0 amide bonds. The molecule has 0 aliphatic heterocycles. The number of hydrogen-bond donors (Lipinski definition) is 0. The molecule has 0 fully saturated rings. The van der Waals surface area contributed by atoms with E-state index in [2.05, 4.69) is 18.8 Å². The Morgan fingerprint density at radius 3 is 2.29 bits per heavy atom. The summed E-state index contributed by atoms with van der Waals surface area (Å²) < 4.78 is 0. The van der Waals surface area contributed by atoms with Crippen molar-refractivity contribution in [2.45, 2.75) is 58.8 Å². The second-order valence-corrected chi connectivity index (χ2v) is 3.66. The Labute approximate surface area is 87.8 Å². The molecule has 0 rings (SSSR count). The van der Waals surface area contributed by atoms with E-state index in [9.17, 15) is 4.79 Å². The molecular weight excluding hydrogens is 174 g/mol. The maximum Gasteiger partial charge on any atom is 0.163 e. The molecule has 0 saturated carbocycles. The molecule has 0 aliphatic rings. The number of nitrogens with zero attached hydrogens (tertiary/aromatic N) is 1. The quantitative estimate of drug-likeness (QED) is 0.316. The number of hydrogen-bond acceptors (Lipinski definition) is 2. The van der Waals surface area contributed by atoms with Crippen LogP contribution in [0.2, 0.25) is 0 Å². The van der Waals surface area contributed by atoms with E-state index in [0.717, 1.165) is 37.8 Å². The van der Waals surface area contributed by atoms with Crippen molar-refractivity contribution in [3.8, 4) is 0 Å². The standard InChI is InChI=1S/C12H23NO/c1-3-5-7-9-12(11-14)13-10-8-6-4-2/h11H,3-10H2,1-2H3/b13-12+. The van der Waals surface area contributed by atoms with Crippen LogP contribution in [0.1, 0.15) is 58.8 Å². The van der Waals surface area contributed by atoms with Crippen molar-refractivity contribution in [1.82, 2.24) is 0 Å². The van der Waals surface area contributed by atoms with Gasteiger partial charge in [-0.3, -0.25) is 9.79 Å². The fourth-order valence-electron chi connectivity index (χ4n) is 1.32. The van der Waals surface area contributed by atoms with Gasteiger partial charge in [0.25, 0.3) is 0 Å². The molecule has 0 aromatic heterocycles. The number of rotatable bonds is 9. The molecule has 0 unspecified atom stereocenters. The van der Waals surface area contributed by atoms with Crippen molar-refractivity contribution in [2.24, 2.45) is 4.99 Å². The summed E-state index contributed by atoms with van der Waals surface area (Å²) in [5.74, 6) is 0. The van der Waals surface area contributed by atoms with Crippen LogP contribution in [0.3, 0.4) is 0 Å². The highest BCUT2D eigenvalue weighted by atomic mass is 16.1. The van der Waals surface area contributed by atoms with Crippen molar-refractivity contribution in [2.75, 3.05) is 6.54 Å². The van der Waals surface area contributed by atoms with Gasteiger partial charge in [-0.2, -0.15) is 0 Å². The fraction of sp³-hybridized carbons (Fsp3) is 0.833. The first-order valence-electron chi connectivity index (χ1n) is 5.83. The Morgan fingerprint density at radius 2 is 1.71 bits per heavy atom. The van der Waals surface area contributed by atoms with E-state index in [-0.39, 0.29) is 0 Å². The molecule has 0 bridgehead atoms. The zero-order chi connectivity index (χ0) is 10.6. The normalized spacial score (nSPS) is 11.7. The summed E-state index contributed by atoms with van der Waals surface area (Å²) in [7, 11) is 0. The number of carbonyl (C=O) groups is 1. The Morgan fingerprint density at radius 1 is 1.07 bits per heavy atom. The van der Waals surface area contributed by atoms with E-state index in [0.29, 0.717) is 0 Å². The van der Waals surface area contributed by atoms with Crippen LogP contribution >= 0.6 is 0 Å². The monoisotopic (exact) mass is 197 g/mol. The fourth-order valence-corrected chi connectivity index (χ4v) is 1.32. The van der Waals surface area contributed by atoms with Gasteiger partial charge < -0.3 is 0 Å². The lowest BCUT2D eigenvalue weighted by atomic mass is 10.1. The molecule has 0 radical (unpaired) electrons. The predicted molar refractivity (Wildman–Crippen MR) is 62.0 cm³/mol. The number of carbonyl (C=O) groups excluding carboxylic acids is 1. The average molecular weight is 197 g/mol. The Kier molecular flexibility index (Phi) is 9.93. The van der Waals surface area contributed by atoms with Crippen molar-refractivity contribution in [3.63, 3.8) is 0 Å². The van der Waals surface area contributed by atoms with Gasteiger partial charge >= 0.3 is 0 Å². The Hall–Kier alpha value is -0.660. The minimum Gasteiger partial charge on any atom is -0.297 e. The lowest BCUT2D eigenvalue weighted by molar-refractivity contribution is -0.102. The largest absolute Gasteiger partial charge is 0.297 e. The Bertz CT molecular complexity index is 164. The van der Waals surface area contributed by atoms with Gasteiger partial charge in [0, 0.05) is 6.54 Å². The highest BCUT2D eigenvalue weighted by Crippen LogP contribution is 2.01. The third-order valence-electron chi connectivity index (χ3n) is 2.25. The van der Waals surface area contributed by atoms with Gasteiger partial charge in [0.15, 0.2) is 6.29 Å². The van der Waals surface area contributed by atoms with E-state index in [4.69, 9.17) is 0 Å². The van der Waals surface area contributed by atoms with Gasteiger partial charge in [0.05, 0.1) is 5.71 Å². The number of aliphatic imine (C=N–C) groups is 1. The molecule has 0 heterocycles. The molecule has 0 aromatic carbocycles. The first-order valence-corrected chi connectivity index (χ1v) is 5.83. The molecule has 0 atom stereocenters. The molecule has 0 aliphatic carbocycles. The molecule has 2 heteroatoms. The minimum atomic E-state index is 0.759. The van der Waals surface area contributed by atoms with Gasteiger partial charge in [0.2, 0.25) is 0 Å². The van der Waals surface area contributed by atoms with Crippen molar-refractivity contribution < 1.29 is 4.79 Å². The average Bonchev–Trinajstić information content (AvgIpc) is 2.22. The van der Waals surface area contributed by atoms with Gasteiger partial charge in [-0.05, 0) is 19.3 Å². The minimum absolute atomic E-state index is 0.759. The lowest BCUT2D eigenvalue weighted by Gasteiger charge is -1.99. The van der Waals surface area contributed by atoms with Gasteiger partial charge in [-0.1, -0.05) is 39.5 Å². The number of aldehydes is 1. The van der Waals surface area contributed by atoms with E-state index in [1.54, 1.807) is 0 Å². The predicted octanol–water partition coefficient (Wildman–Crippen LogP) is 3.40. The second kappa shape index (κ2) is 10.4. The maximum absolute atomic E-state index is 10.6. The SMILES string of the molecule is CCCCC/N=C(/C=O)CCCCC. The molecule has 0 N–H and O–H groups in total. The summed E-state index contributed by atoms with van der Waals surface area (Å²) in [4.78, 5) is 14.9. The second-order valence-electron chi connectivity index (χ2n) is 3.66. The number of unbranched alkanes of at least 4 members (excludes halogenated alkanes) is 4. The van der Waals surface area contributed by atoms with Gasteiger partial charge in [-0.25, -0.2) is 0 Å². The van der Waals surface area contributed by atoms with Crippen LogP contribution < -0.4 is 0 Å². The lowest BCUT2D eigenvalue weighted by Crippen LogP contribution is -2.01. The van der Waals surface area contributed by atoms with Crippen LogP contribution in [0.25, 0.3) is 0 Å². The smallest absolute Gasteiger partial charge is 0.163 e. The van der Waals surface area contributed by atoms with Crippen molar-refractivity contribution in [1.29, 1.82) is 0 Å². The van der Waals surface area contributed by atoms with Gasteiger partial charge in [0.1, 0.15) is 0 Å². The summed E-state index contributed by atoms with van der Waals surface area (Å²) in [6, 6.07) is 0. The van der Waals surface area contributed by atoms with Crippen LogP contribution in [-0.2, 0) is 4.79 Å². The third kappa shape index (κ3) is 7.96. The summed E-state index contributed by atoms with van der Waals surface area (Å²) in [5, 5.41) is 0. The molecule has 0 aromatic rings. The molecular formula is C12H23NO. The topological polar surface area (TPSA) is 29.4 Å². The first kappa shape index (κ1) is 13.3. The van der Waals surface area contributed by atoms with Crippen LogP contribution in [0.5, 0.6) is 0 Å². The zero-order valence-electron chi connectivity index (χ0n) is 9.59. The third-order valence-corrected chi connectivity index (χ3v) is 2.25. The molecule has 0 spiro atoms. The summed E-state index contributed by atoms with van der Waals surface area (Å²) in [6.45, 7) is 5.17. The highest BCUT2D eigenvalue weighted by Gasteiger charge is 1.96. The van der Waals surface area contributed by atoms with Crippen molar-refractivity contribution >= 4 is 12.0 Å². The summed E-state index contributed by atoms with van der Waals surface area (Å²) >= 11 is 0. The molecule has 0 saturated heterocycles. The van der Waals surface area contributed by atoms with Crippen molar-refractivity contribution in [3.05, 3.63) is 0 Å². The van der Waals surface area contributed by atoms with E-state index in [1.807, 2.05) is 0 Å². The molecule has 2 nitrogen and oxygen atoms in total. The zero-order valence-corrected chi connectivity index (χ0v) is 9.59. The van der Waals surface area contributed by atoms with Crippen LogP contribution in [0.4, 0.5) is 0 Å². The molecule has 82 valence electrons. The van der Waals surface area contributed by atoms with Crippen LogP contribution in [-0.4, -0.2) is 18.5 Å². The summed E-state index contributed by atoms with van der Waals surface area (Å²) in [6.07, 6.45) is 8.81. The van der Waals surface area contributed by atoms with E-state index in [1.165, 1.54) is 25.7 Å². The highest BCUT2D eigenvalue weighted by molar-refractivity contribution is 6.28.